The molecule has 18 heavy (non-hydrogen) atoms. The van der Waals surface area contributed by atoms with Crippen LogP contribution >= 0.6 is 0 Å². The molecule has 0 aliphatic heterocycles. The van der Waals surface area contributed by atoms with Crippen molar-refractivity contribution in [1.29, 1.82) is 0 Å². The van der Waals surface area contributed by atoms with Gasteiger partial charge >= 0.3 is 0 Å². The number of rotatable bonds is 2. The van der Waals surface area contributed by atoms with Crippen molar-refractivity contribution in [3.8, 4) is 22.3 Å². The van der Waals surface area contributed by atoms with Gasteiger partial charge in [-0.05, 0) is 34.9 Å². The lowest BCUT2D eigenvalue weighted by Crippen LogP contribution is -1.86. The number of hydrogen-bond donors (Lipinski definition) is 0. The van der Waals surface area contributed by atoms with E-state index in [1.807, 2.05) is 61.2 Å². The van der Waals surface area contributed by atoms with Gasteiger partial charge in [-0.2, -0.15) is 0 Å². The zero-order chi connectivity index (χ0) is 12.2. The zero-order valence-corrected chi connectivity index (χ0v) is 9.82. The number of pyridine rings is 2. The van der Waals surface area contributed by atoms with E-state index in [2.05, 4.69) is 22.1 Å². The smallest absolute Gasteiger partial charge is 0.0352 e. The van der Waals surface area contributed by atoms with E-state index in [0.717, 1.165) is 11.1 Å². The first-order valence-corrected chi connectivity index (χ1v) is 5.85. The average Bonchev–Trinajstić information content (AvgIpc) is 2.49. The van der Waals surface area contributed by atoms with Crippen LogP contribution in [0.1, 0.15) is 0 Å². The number of benzene rings is 1. The topological polar surface area (TPSA) is 25.8 Å². The summed E-state index contributed by atoms with van der Waals surface area (Å²) in [6.07, 6.45) is 7.35. The van der Waals surface area contributed by atoms with E-state index in [0.29, 0.717) is 0 Å². The first-order chi connectivity index (χ1) is 8.95. The van der Waals surface area contributed by atoms with Gasteiger partial charge in [-0.25, -0.2) is 0 Å². The molecule has 86 valence electrons. The van der Waals surface area contributed by atoms with Gasteiger partial charge in [-0.15, -0.1) is 0 Å². The maximum atomic E-state index is 4.23. The lowest BCUT2D eigenvalue weighted by atomic mass is 9.97. The first-order valence-electron chi connectivity index (χ1n) is 5.85. The third kappa shape index (κ3) is 2.00. The summed E-state index contributed by atoms with van der Waals surface area (Å²) in [6.45, 7) is 0. The minimum absolute atomic E-state index is 1.14. The molecule has 0 radical (unpaired) electrons. The van der Waals surface area contributed by atoms with E-state index in [4.69, 9.17) is 0 Å². The molecule has 0 atom stereocenters. The van der Waals surface area contributed by atoms with Crippen molar-refractivity contribution >= 4 is 0 Å². The Balaban J connectivity index is 2.18. The Hall–Kier alpha value is -2.48. The molecule has 0 aliphatic carbocycles. The molecule has 0 amide bonds. The van der Waals surface area contributed by atoms with Gasteiger partial charge in [0.15, 0.2) is 0 Å². The fourth-order valence-corrected chi connectivity index (χ4v) is 2.03. The summed E-state index contributed by atoms with van der Waals surface area (Å²) in [4.78, 5) is 8.29. The highest BCUT2D eigenvalue weighted by molar-refractivity contribution is 5.82. The molecule has 2 aromatic heterocycles. The van der Waals surface area contributed by atoms with E-state index >= 15 is 0 Å². The SMILES string of the molecule is c1ccc(-c2cnccc2-c2ccncc2)cc1. The molecule has 2 nitrogen and oxygen atoms in total. The molecule has 0 saturated carbocycles. The second kappa shape index (κ2) is 4.80. The van der Waals surface area contributed by atoms with Crippen LogP contribution in [0.25, 0.3) is 22.3 Å². The van der Waals surface area contributed by atoms with Gasteiger partial charge in [-0.3, -0.25) is 9.97 Å². The molecule has 2 heterocycles. The fraction of sp³-hybridized carbons (Fsp3) is 0. The van der Waals surface area contributed by atoms with Gasteiger partial charge in [-0.1, -0.05) is 30.3 Å². The molecule has 3 rings (SSSR count). The molecule has 0 unspecified atom stereocenters. The van der Waals surface area contributed by atoms with Crippen molar-refractivity contribution in [3.63, 3.8) is 0 Å². The molecule has 2 heteroatoms. The highest BCUT2D eigenvalue weighted by Gasteiger charge is 2.06. The molecule has 3 aromatic rings. The largest absolute Gasteiger partial charge is 0.265 e. The third-order valence-corrected chi connectivity index (χ3v) is 2.90. The molecule has 0 bridgehead atoms. The van der Waals surface area contributed by atoms with E-state index in [-0.39, 0.29) is 0 Å². The molecule has 1 aromatic carbocycles. The van der Waals surface area contributed by atoms with E-state index in [9.17, 15) is 0 Å². The second-order valence-electron chi connectivity index (χ2n) is 4.02. The molecule has 0 spiro atoms. The van der Waals surface area contributed by atoms with Gasteiger partial charge in [0, 0.05) is 30.4 Å². The van der Waals surface area contributed by atoms with Crippen LogP contribution in [0.4, 0.5) is 0 Å². The Labute approximate surface area is 106 Å². The van der Waals surface area contributed by atoms with Crippen LogP contribution in [0.5, 0.6) is 0 Å². The highest BCUT2D eigenvalue weighted by atomic mass is 14.6. The molecule has 0 aliphatic rings. The van der Waals surface area contributed by atoms with Crippen LogP contribution < -0.4 is 0 Å². The summed E-state index contributed by atoms with van der Waals surface area (Å²) >= 11 is 0. The van der Waals surface area contributed by atoms with Crippen LogP contribution in [0.15, 0.2) is 73.3 Å². The van der Waals surface area contributed by atoms with Gasteiger partial charge in [0.25, 0.3) is 0 Å². The Bertz CT molecular complexity index is 575. The maximum Gasteiger partial charge on any atom is 0.0352 e. The van der Waals surface area contributed by atoms with Crippen LogP contribution in [-0.4, -0.2) is 9.97 Å². The summed E-state index contributed by atoms with van der Waals surface area (Å²) < 4.78 is 0. The van der Waals surface area contributed by atoms with E-state index < -0.39 is 0 Å². The van der Waals surface area contributed by atoms with Crippen molar-refractivity contribution in [2.75, 3.05) is 0 Å². The Morgan fingerprint density at radius 2 is 1.22 bits per heavy atom. The molecule has 0 N–H and O–H groups in total. The summed E-state index contributed by atoms with van der Waals surface area (Å²) in [7, 11) is 0. The molecule has 0 saturated heterocycles. The summed E-state index contributed by atoms with van der Waals surface area (Å²) in [5.74, 6) is 0. The standard InChI is InChI=1S/C16H12N2/c1-2-4-13(5-3-1)16-12-18-11-8-15(16)14-6-9-17-10-7-14/h1-12H. The zero-order valence-electron chi connectivity index (χ0n) is 9.82. The van der Waals surface area contributed by atoms with Gasteiger partial charge < -0.3 is 0 Å². The Kier molecular flexibility index (Phi) is 2.84. The monoisotopic (exact) mass is 232 g/mol. The van der Waals surface area contributed by atoms with Crippen LogP contribution in [0.2, 0.25) is 0 Å². The summed E-state index contributed by atoms with van der Waals surface area (Å²) in [5.41, 5.74) is 4.66. The molecular weight excluding hydrogens is 220 g/mol. The quantitative estimate of drug-likeness (QED) is 0.671. The normalized spacial score (nSPS) is 10.2. The van der Waals surface area contributed by atoms with Crippen molar-refractivity contribution in [2.45, 2.75) is 0 Å². The molecular formula is C16H12N2. The third-order valence-electron chi connectivity index (χ3n) is 2.90. The highest BCUT2D eigenvalue weighted by Crippen LogP contribution is 2.30. The Morgan fingerprint density at radius 1 is 0.556 bits per heavy atom. The minimum Gasteiger partial charge on any atom is -0.265 e. The number of hydrogen-bond acceptors (Lipinski definition) is 2. The minimum atomic E-state index is 1.14. The number of aromatic nitrogens is 2. The lowest BCUT2D eigenvalue weighted by molar-refractivity contribution is 1.31. The van der Waals surface area contributed by atoms with Gasteiger partial charge in [0.1, 0.15) is 0 Å². The maximum absolute atomic E-state index is 4.23. The van der Waals surface area contributed by atoms with Gasteiger partial charge in [0.05, 0.1) is 0 Å². The first kappa shape index (κ1) is 10.7. The van der Waals surface area contributed by atoms with Crippen LogP contribution in [0.3, 0.4) is 0 Å². The predicted octanol–water partition coefficient (Wildman–Crippen LogP) is 3.81. The Morgan fingerprint density at radius 3 is 2.00 bits per heavy atom. The predicted molar refractivity (Wildman–Crippen MR) is 72.9 cm³/mol. The summed E-state index contributed by atoms with van der Waals surface area (Å²) in [5, 5.41) is 0. The van der Waals surface area contributed by atoms with Crippen molar-refractivity contribution in [2.24, 2.45) is 0 Å². The summed E-state index contributed by atoms with van der Waals surface area (Å²) in [6, 6.07) is 16.4. The van der Waals surface area contributed by atoms with E-state index in [1.165, 1.54) is 11.1 Å². The van der Waals surface area contributed by atoms with Crippen LogP contribution in [0, 0.1) is 0 Å². The second-order valence-corrected chi connectivity index (χ2v) is 4.02. The van der Waals surface area contributed by atoms with E-state index in [1.54, 1.807) is 0 Å². The fourth-order valence-electron chi connectivity index (χ4n) is 2.03. The number of nitrogens with zero attached hydrogens (tertiary/aromatic N) is 2. The molecule has 0 fully saturated rings. The lowest BCUT2D eigenvalue weighted by Gasteiger charge is -2.08. The van der Waals surface area contributed by atoms with Crippen molar-refractivity contribution in [1.82, 2.24) is 9.97 Å². The van der Waals surface area contributed by atoms with Gasteiger partial charge in [0.2, 0.25) is 0 Å². The van der Waals surface area contributed by atoms with Crippen LogP contribution in [-0.2, 0) is 0 Å². The average molecular weight is 232 g/mol. The van der Waals surface area contributed by atoms with Crippen molar-refractivity contribution < 1.29 is 0 Å². The van der Waals surface area contributed by atoms with Crippen molar-refractivity contribution in [3.05, 3.63) is 73.3 Å².